The first-order valence-electron chi connectivity index (χ1n) is 5.69. The van der Waals surface area contributed by atoms with Gasteiger partial charge in [-0.2, -0.15) is 5.26 Å². The summed E-state index contributed by atoms with van der Waals surface area (Å²) in [6.07, 6.45) is 3.16. The van der Waals surface area contributed by atoms with Gasteiger partial charge in [0.25, 0.3) is 0 Å². The average molecular weight is 253 g/mol. The lowest BCUT2D eigenvalue weighted by Crippen LogP contribution is -2.02. The van der Waals surface area contributed by atoms with Gasteiger partial charge in [0, 0.05) is 18.0 Å². The molecule has 4 heteroatoms. The van der Waals surface area contributed by atoms with Crippen molar-refractivity contribution in [3.05, 3.63) is 65.2 Å². The lowest BCUT2D eigenvalue weighted by Gasteiger charge is -2.07. The Morgan fingerprint density at radius 1 is 1.21 bits per heavy atom. The van der Waals surface area contributed by atoms with Crippen LogP contribution in [0, 0.1) is 24.1 Å². The molecule has 0 aliphatic carbocycles. The molecule has 0 saturated carbocycles. The van der Waals surface area contributed by atoms with Crippen LogP contribution in [0.5, 0.6) is 0 Å². The largest absolute Gasteiger partial charge is 0.397 e. The summed E-state index contributed by atoms with van der Waals surface area (Å²) in [5.41, 5.74) is 8.49. The van der Waals surface area contributed by atoms with E-state index in [0.29, 0.717) is 16.7 Å². The van der Waals surface area contributed by atoms with Crippen molar-refractivity contribution >= 4 is 11.3 Å². The molecule has 1 aromatic carbocycles. The predicted molar refractivity (Wildman–Crippen MR) is 72.0 cm³/mol. The van der Waals surface area contributed by atoms with Crippen molar-refractivity contribution in [2.75, 3.05) is 0 Å². The van der Waals surface area contributed by atoms with Crippen molar-refractivity contribution < 1.29 is 4.39 Å². The third-order valence-corrected chi connectivity index (χ3v) is 2.70. The maximum atomic E-state index is 13.4. The second-order valence-corrected chi connectivity index (χ2v) is 4.15. The van der Waals surface area contributed by atoms with E-state index in [2.05, 4.69) is 11.1 Å². The van der Waals surface area contributed by atoms with E-state index in [1.54, 1.807) is 37.5 Å². The molecule has 94 valence electrons. The quantitative estimate of drug-likeness (QED) is 0.837. The first-order chi connectivity index (χ1) is 9.11. The molecule has 0 unspecified atom stereocenters. The third-order valence-electron chi connectivity index (χ3n) is 2.70. The molecule has 0 radical (unpaired) electrons. The van der Waals surface area contributed by atoms with E-state index < -0.39 is 0 Å². The summed E-state index contributed by atoms with van der Waals surface area (Å²) in [4.78, 5) is 3.89. The SMILES string of the molecule is Cc1cc(F)cc(/C(N)=C(/C#N)c2ccncc2)c1. The Morgan fingerprint density at radius 2 is 1.89 bits per heavy atom. The maximum absolute atomic E-state index is 13.4. The molecule has 0 bridgehead atoms. The molecule has 0 amide bonds. The first-order valence-corrected chi connectivity index (χ1v) is 5.69. The van der Waals surface area contributed by atoms with Gasteiger partial charge in [-0.05, 0) is 48.4 Å². The summed E-state index contributed by atoms with van der Waals surface area (Å²) in [6, 6.07) is 9.92. The molecule has 0 fully saturated rings. The zero-order valence-electron chi connectivity index (χ0n) is 10.4. The second-order valence-electron chi connectivity index (χ2n) is 4.15. The predicted octanol–water partition coefficient (Wildman–Crippen LogP) is 2.88. The highest BCUT2D eigenvalue weighted by atomic mass is 19.1. The molecule has 2 rings (SSSR count). The molecule has 2 aromatic rings. The van der Waals surface area contributed by atoms with E-state index in [0.717, 1.165) is 5.56 Å². The summed E-state index contributed by atoms with van der Waals surface area (Å²) in [7, 11) is 0. The molecule has 0 aliphatic heterocycles. The smallest absolute Gasteiger partial charge is 0.124 e. The Labute approximate surface area is 110 Å². The normalized spacial score (nSPS) is 11.6. The van der Waals surface area contributed by atoms with Crippen LogP contribution in [0.25, 0.3) is 11.3 Å². The van der Waals surface area contributed by atoms with Gasteiger partial charge in [0.15, 0.2) is 0 Å². The first kappa shape index (κ1) is 12.8. The minimum Gasteiger partial charge on any atom is -0.397 e. The van der Waals surface area contributed by atoms with E-state index in [4.69, 9.17) is 5.73 Å². The van der Waals surface area contributed by atoms with E-state index in [1.165, 1.54) is 12.1 Å². The van der Waals surface area contributed by atoms with Crippen LogP contribution in [0.2, 0.25) is 0 Å². The molecular weight excluding hydrogens is 241 g/mol. The fraction of sp³-hybridized carbons (Fsp3) is 0.0667. The van der Waals surface area contributed by atoms with E-state index in [9.17, 15) is 9.65 Å². The number of pyridine rings is 1. The minimum atomic E-state index is -0.370. The second kappa shape index (κ2) is 5.32. The van der Waals surface area contributed by atoms with Gasteiger partial charge in [-0.25, -0.2) is 4.39 Å². The Balaban J connectivity index is 2.59. The monoisotopic (exact) mass is 253 g/mol. The molecule has 1 aromatic heterocycles. The van der Waals surface area contributed by atoms with Crippen LogP contribution in [0.3, 0.4) is 0 Å². The topological polar surface area (TPSA) is 62.7 Å². The number of aryl methyl sites for hydroxylation is 1. The minimum absolute atomic E-state index is 0.260. The van der Waals surface area contributed by atoms with Crippen LogP contribution in [-0.2, 0) is 0 Å². The van der Waals surface area contributed by atoms with Crippen LogP contribution in [0.1, 0.15) is 16.7 Å². The van der Waals surface area contributed by atoms with Crippen LogP contribution in [0.4, 0.5) is 4.39 Å². The number of rotatable bonds is 2. The van der Waals surface area contributed by atoms with Crippen LogP contribution in [-0.4, -0.2) is 4.98 Å². The third kappa shape index (κ3) is 2.78. The highest BCUT2D eigenvalue weighted by molar-refractivity contribution is 5.95. The van der Waals surface area contributed by atoms with Gasteiger partial charge < -0.3 is 5.73 Å². The molecular formula is C15H12FN3. The lowest BCUT2D eigenvalue weighted by molar-refractivity contribution is 0.626. The summed E-state index contributed by atoms with van der Waals surface area (Å²) < 4.78 is 13.4. The number of allylic oxidation sites excluding steroid dienone is 1. The zero-order valence-corrected chi connectivity index (χ0v) is 10.4. The summed E-state index contributed by atoms with van der Waals surface area (Å²) >= 11 is 0. The molecule has 19 heavy (non-hydrogen) atoms. The number of nitrogens with two attached hydrogens (primary N) is 1. The summed E-state index contributed by atoms with van der Waals surface area (Å²) in [6.45, 7) is 1.78. The van der Waals surface area contributed by atoms with Gasteiger partial charge in [0.05, 0.1) is 11.3 Å². The van der Waals surface area contributed by atoms with Gasteiger partial charge in [0.2, 0.25) is 0 Å². The van der Waals surface area contributed by atoms with E-state index in [1.807, 2.05) is 0 Å². The van der Waals surface area contributed by atoms with Crippen molar-refractivity contribution in [2.45, 2.75) is 6.92 Å². The summed E-state index contributed by atoms with van der Waals surface area (Å²) in [5, 5.41) is 9.25. The Hall–Kier alpha value is -2.67. The summed E-state index contributed by atoms with van der Waals surface area (Å²) in [5.74, 6) is -0.370. The molecule has 1 heterocycles. The lowest BCUT2D eigenvalue weighted by atomic mass is 10.0. The Bertz CT molecular complexity index is 649. The number of nitriles is 1. The number of hydrogen-bond acceptors (Lipinski definition) is 3. The molecule has 3 nitrogen and oxygen atoms in total. The standard InChI is InChI=1S/C15H12FN3/c1-10-6-12(8-13(16)7-10)15(18)14(9-17)11-2-4-19-5-3-11/h2-8H,18H2,1H3/b15-14+. The number of benzene rings is 1. The highest BCUT2D eigenvalue weighted by Crippen LogP contribution is 2.23. The Morgan fingerprint density at radius 3 is 2.47 bits per heavy atom. The van der Waals surface area contributed by atoms with Crippen molar-refractivity contribution in [1.82, 2.24) is 4.98 Å². The van der Waals surface area contributed by atoms with Gasteiger partial charge in [-0.15, -0.1) is 0 Å². The zero-order chi connectivity index (χ0) is 13.8. The Kier molecular flexibility index (Phi) is 3.58. The van der Waals surface area contributed by atoms with E-state index in [-0.39, 0.29) is 11.5 Å². The average Bonchev–Trinajstić information content (AvgIpc) is 2.39. The molecule has 0 aliphatic rings. The molecule has 0 saturated heterocycles. The number of hydrogen-bond donors (Lipinski definition) is 1. The molecule has 0 spiro atoms. The van der Waals surface area contributed by atoms with Crippen LogP contribution >= 0.6 is 0 Å². The van der Waals surface area contributed by atoms with Gasteiger partial charge in [0.1, 0.15) is 11.9 Å². The fourth-order valence-electron chi connectivity index (χ4n) is 1.84. The van der Waals surface area contributed by atoms with Crippen LogP contribution < -0.4 is 5.73 Å². The van der Waals surface area contributed by atoms with Crippen molar-refractivity contribution in [3.63, 3.8) is 0 Å². The van der Waals surface area contributed by atoms with Crippen molar-refractivity contribution in [2.24, 2.45) is 5.73 Å². The highest BCUT2D eigenvalue weighted by Gasteiger charge is 2.09. The number of aromatic nitrogens is 1. The van der Waals surface area contributed by atoms with E-state index >= 15 is 0 Å². The van der Waals surface area contributed by atoms with Crippen molar-refractivity contribution in [3.8, 4) is 6.07 Å². The van der Waals surface area contributed by atoms with Crippen LogP contribution in [0.15, 0.2) is 42.7 Å². The number of nitrogens with zero attached hydrogens (tertiary/aromatic N) is 2. The molecule has 0 atom stereocenters. The number of halogens is 1. The maximum Gasteiger partial charge on any atom is 0.124 e. The fourth-order valence-corrected chi connectivity index (χ4v) is 1.84. The van der Waals surface area contributed by atoms with Gasteiger partial charge in [-0.3, -0.25) is 4.98 Å². The van der Waals surface area contributed by atoms with Gasteiger partial charge >= 0.3 is 0 Å². The van der Waals surface area contributed by atoms with Crippen molar-refractivity contribution in [1.29, 1.82) is 5.26 Å². The van der Waals surface area contributed by atoms with Gasteiger partial charge in [-0.1, -0.05) is 0 Å². The molecule has 2 N–H and O–H groups in total.